The van der Waals surface area contributed by atoms with E-state index in [0.29, 0.717) is 49.6 Å². The highest BCUT2D eigenvalue weighted by atomic mass is 19.4. The summed E-state index contributed by atoms with van der Waals surface area (Å²) < 4.78 is 75.7. The van der Waals surface area contributed by atoms with Gasteiger partial charge in [0.2, 0.25) is 11.8 Å². The van der Waals surface area contributed by atoms with Crippen LogP contribution in [-0.2, 0) is 16.0 Å². The second kappa shape index (κ2) is 10.1. The third-order valence-corrected chi connectivity index (χ3v) is 9.15. The molecule has 220 valence electrons. The highest BCUT2D eigenvalue weighted by Gasteiger charge is 2.48. The SMILES string of the molecule is CNC(c1cn2nc(CC3CC(C(F)(F)F)CNC3=O)c(N3CCOC4(CC4)C3)cc2n1)C1CCC(F)(F)CC1. The fraction of sp³-hybridized carbons (Fsp3) is 0.741. The number of aromatic nitrogens is 3. The molecular weight excluding hydrogens is 535 g/mol. The number of nitrogens with one attached hydrogen (secondary N) is 2. The third-order valence-electron chi connectivity index (χ3n) is 9.15. The fourth-order valence-electron chi connectivity index (χ4n) is 6.61. The molecule has 13 heteroatoms. The van der Waals surface area contributed by atoms with Crippen molar-refractivity contribution < 1.29 is 31.5 Å². The predicted octanol–water partition coefficient (Wildman–Crippen LogP) is 4.04. The number of piperidine rings is 1. The molecule has 40 heavy (non-hydrogen) atoms. The van der Waals surface area contributed by atoms with Crippen molar-refractivity contribution in [3.63, 3.8) is 0 Å². The minimum absolute atomic E-state index is 0.00678. The van der Waals surface area contributed by atoms with E-state index in [-0.39, 0.29) is 43.2 Å². The van der Waals surface area contributed by atoms with Crippen molar-refractivity contribution in [1.29, 1.82) is 0 Å². The van der Waals surface area contributed by atoms with Gasteiger partial charge in [-0.25, -0.2) is 18.3 Å². The maximum atomic E-state index is 13.8. The number of nitrogens with zero attached hydrogens (tertiary/aromatic N) is 4. The van der Waals surface area contributed by atoms with Crippen LogP contribution < -0.4 is 15.5 Å². The Bertz CT molecular complexity index is 1250. The van der Waals surface area contributed by atoms with Crippen molar-refractivity contribution in [2.24, 2.45) is 17.8 Å². The van der Waals surface area contributed by atoms with Crippen molar-refractivity contribution in [2.75, 3.05) is 38.2 Å². The van der Waals surface area contributed by atoms with E-state index in [1.165, 1.54) is 0 Å². The molecule has 0 radical (unpaired) electrons. The summed E-state index contributed by atoms with van der Waals surface area (Å²) in [5, 5.41) is 10.5. The van der Waals surface area contributed by atoms with Gasteiger partial charge in [0.1, 0.15) is 0 Å². The third kappa shape index (κ3) is 5.50. The second-order valence-electron chi connectivity index (χ2n) is 12.0. The molecule has 6 rings (SSSR count). The van der Waals surface area contributed by atoms with Gasteiger partial charge >= 0.3 is 6.18 Å². The lowest BCUT2D eigenvalue weighted by Gasteiger charge is -2.36. The number of hydrogen-bond donors (Lipinski definition) is 2. The average Bonchev–Trinajstić information content (AvgIpc) is 3.51. The van der Waals surface area contributed by atoms with Crippen LogP contribution in [0.3, 0.4) is 0 Å². The zero-order valence-electron chi connectivity index (χ0n) is 22.4. The number of alkyl halides is 5. The first-order valence-electron chi connectivity index (χ1n) is 14.1. The van der Waals surface area contributed by atoms with Gasteiger partial charge in [0.25, 0.3) is 0 Å². The van der Waals surface area contributed by atoms with E-state index in [4.69, 9.17) is 14.8 Å². The van der Waals surface area contributed by atoms with E-state index < -0.39 is 36.4 Å². The molecule has 2 aromatic rings. The minimum atomic E-state index is -4.39. The van der Waals surface area contributed by atoms with Crippen LogP contribution in [0, 0.1) is 17.8 Å². The van der Waals surface area contributed by atoms with Crippen LogP contribution in [-0.4, -0.2) is 71.5 Å². The molecule has 3 atom stereocenters. The van der Waals surface area contributed by atoms with Crippen LogP contribution in [0.2, 0.25) is 0 Å². The van der Waals surface area contributed by atoms with E-state index in [1.807, 2.05) is 6.07 Å². The summed E-state index contributed by atoms with van der Waals surface area (Å²) in [5.41, 5.74) is 2.33. The molecule has 2 saturated carbocycles. The summed E-state index contributed by atoms with van der Waals surface area (Å²) in [7, 11) is 1.79. The Balaban J connectivity index is 1.33. The summed E-state index contributed by atoms with van der Waals surface area (Å²) >= 11 is 0. The smallest absolute Gasteiger partial charge is 0.371 e. The molecular formula is C27H35F5N6O2. The molecule has 4 aliphatic rings. The molecule has 0 aromatic carbocycles. The Morgan fingerprint density at radius 1 is 1.23 bits per heavy atom. The van der Waals surface area contributed by atoms with Gasteiger partial charge in [-0.1, -0.05) is 0 Å². The molecule has 0 bridgehead atoms. The maximum Gasteiger partial charge on any atom is 0.393 e. The first kappa shape index (κ1) is 27.6. The van der Waals surface area contributed by atoms with Crippen molar-refractivity contribution in [2.45, 2.75) is 75.1 Å². The molecule has 8 nitrogen and oxygen atoms in total. The van der Waals surface area contributed by atoms with E-state index in [1.54, 1.807) is 17.8 Å². The predicted molar refractivity (Wildman–Crippen MR) is 136 cm³/mol. The first-order chi connectivity index (χ1) is 19.0. The molecule has 2 N–H and O–H groups in total. The number of carbonyl (C=O) groups excluding carboxylic acids is 1. The number of fused-ring (bicyclic) bond motifs is 1. The van der Waals surface area contributed by atoms with E-state index >= 15 is 0 Å². The summed E-state index contributed by atoms with van der Waals surface area (Å²) in [6.07, 6.45) is -0.508. The number of halogens is 5. The van der Waals surface area contributed by atoms with Crippen LogP contribution in [0.25, 0.3) is 5.65 Å². The minimum Gasteiger partial charge on any atom is -0.371 e. The monoisotopic (exact) mass is 570 g/mol. The fourth-order valence-corrected chi connectivity index (χ4v) is 6.61. The largest absolute Gasteiger partial charge is 0.393 e. The van der Waals surface area contributed by atoms with E-state index in [9.17, 15) is 26.7 Å². The Morgan fingerprint density at radius 2 is 1.98 bits per heavy atom. The number of hydrogen-bond acceptors (Lipinski definition) is 6. The normalized spacial score (nSPS) is 27.6. The lowest BCUT2D eigenvalue weighted by molar-refractivity contribution is -0.183. The summed E-state index contributed by atoms with van der Waals surface area (Å²) in [6, 6.07) is 1.65. The van der Waals surface area contributed by atoms with E-state index in [0.717, 1.165) is 18.5 Å². The standard InChI is InChI=1S/C27H35F5N6O2/c1-33-23(16-2-4-26(28,29)5-3-16)20-14-38-22(35-20)12-21(37-8-9-40-25(15-37)6-7-25)19(36-38)11-17-10-18(27(30,31)32)13-34-24(17)39/h12,14,16-18,23,33H,2-11,13,15H2,1H3,(H,34,39). The summed E-state index contributed by atoms with van der Waals surface area (Å²) in [4.78, 5) is 19.6. The highest BCUT2D eigenvalue weighted by molar-refractivity contribution is 5.80. The van der Waals surface area contributed by atoms with Crippen molar-refractivity contribution in [3.8, 4) is 0 Å². The zero-order valence-corrected chi connectivity index (χ0v) is 22.4. The van der Waals surface area contributed by atoms with Gasteiger partial charge in [-0.05, 0) is 45.1 Å². The van der Waals surface area contributed by atoms with Gasteiger partial charge in [-0.3, -0.25) is 4.79 Å². The van der Waals surface area contributed by atoms with Crippen molar-refractivity contribution >= 4 is 17.2 Å². The Labute approximate surface area is 229 Å². The van der Waals surface area contributed by atoms with Crippen LogP contribution in [0.15, 0.2) is 12.3 Å². The van der Waals surface area contributed by atoms with Gasteiger partial charge in [-0.2, -0.15) is 18.3 Å². The average molecular weight is 571 g/mol. The van der Waals surface area contributed by atoms with Gasteiger partial charge < -0.3 is 20.3 Å². The maximum absolute atomic E-state index is 13.8. The van der Waals surface area contributed by atoms with Crippen molar-refractivity contribution in [1.82, 2.24) is 25.2 Å². The topological polar surface area (TPSA) is 83.8 Å². The first-order valence-corrected chi connectivity index (χ1v) is 14.1. The number of morpholine rings is 1. The van der Waals surface area contributed by atoms with Crippen LogP contribution in [0.1, 0.15) is 62.4 Å². The van der Waals surface area contributed by atoms with Gasteiger partial charge in [0.15, 0.2) is 5.65 Å². The molecule has 1 amide bonds. The molecule has 3 unspecified atom stereocenters. The molecule has 4 fully saturated rings. The molecule has 2 aliphatic carbocycles. The lowest BCUT2D eigenvalue weighted by atomic mass is 9.81. The molecule has 2 aliphatic heterocycles. The van der Waals surface area contributed by atoms with Gasteiger partial charge in [0.05, 0.1) is 47.4 Å². The molecule has 2 aromatic heterocycles. The quantitative estimate of drug-likeness (QED) is 0.511. The molecule has 4 heterocycles. The Kier molecular flexibility index (Phi) is 6.96. The number of anilines is 1. The van der Waals surface area contributed by atoms with Crippen molar-refractivity contribution in [3.05, 3.63) is 23.7 Å². The number of carbonyl (C=O) groups is 1. The molecule has 1 spiro atoms. The number of imidazole rings is 1. The van der Waals surface area contributed by atoms with Gasteiger partial charge in [0, 0.05) is 50.9 Å². The van der Waals surface area contributed by atoms with Crippen LogP contribution in [0.4, 0.5) is 27.6 Å². The number of amides is 1. The molecule has 2 saturated heterocycles. The Hall–Kier alpha value is -2.54. The second-order valence-corrected chi connectivity index (χ2v) is 12.0. The highest BCUT2D eigenvalue weighted by Crippen LogP contribution is 2.44. The number of ether oxygens (including phenoxy) is 1. The van der Waals surface area contributed by atoms with Crippen LogP contribution in [0.5, 0.6) is 0 Å². The summed E-state index contributed by atoms with van der Waals surface area (Å²) in [5.74, 6) is -5.50. The van der Waals surface area contributed by atoms with E-state index in [2.05, 4.69) is 15.5 Å². The zero-order chi connectivity index (χ0) is 28.3. The lowest BCUT2D eigenvalue weighted by Crippen LogP contribution is -2.47. The van der Waals surface area contributed by atoms with Gasteiger partial charge in [-0.15, -0.1) is 0 Å². The Morgan fingerprint density at radius 3 is 2.65 bits per heavy atom. The summed E-state index contributed by atoms with van der Waals surface area (Å²) in [6.45, 7) is 1.35. The van der Waals surface area contributed by atoms with Crippen LogP contribution >= 0.6 is 0 Å². The number of rotatable bonds is 6.